The van der Waals surface area contributed by atoms with Crippen LogP contribution in [-0.4, -0.2) is 11.6 Å². The van der Waals surface area contributed by atoms with Crippen LogP contribution >= 0.6 is 23.2 Å². The van der Waals surface area contributed by atoms with Crippen molar-refractivity contribution in [2.45, 2.75) is 59.4 Å². The zero-order chi connectivity index (χ0) is 23.7. The van der Waals surface area contributed by atoms with Gasteiger partial charge in [-0.1, -0.05) is 76.4 Å². The quantitative estimate of drug-likeness (QED) is 0.347. The number of oxazole rings is 1. The molecule has 0 spiro atoms. The van der Waals surface area contributed by atoms with Gasteiger partial charge in [-0.25, -0.2) is 4.98 Å². The predicted octanol–water partition coefficient (Wildman–Crippen LogP) is 7.71. The molecular weight excluding hydrogens is 445 g/mol. The molecule has 32 heavy (non-hydrogen) atoms. The lowest BCUT2D eigenvalue weighted by atomic mass is 9.78. The highest BCUT2D eigenvalue weighted by Gasteiger charge is 2.25. The Bertz CT molecular complexity index is 962. The summed E-state index contributed by atoms with van der Waals surface area (Å²) in [5.41, 5.74) is 8.24. The van der Waals surface area contributed by atoms with Gasteiger partial charge in [0.05, 0.1) is 29.4 Å². The minimum atomic E-state index is -0.301. The van der Waals surface area contributed by atoms with Gasteiger partial charge in [-0.05, 0) is 41.8 Å². The summed E-state index contributed by atoms with van der Waals surface area (Å²) in [7, 11) is 0. The molecule has 0 aliphatic carbocycles. The second-order valence-electron chi connectivity index (χ2n) is 7.99. The number of benzene rings is 2. The van der Waals surface area contributed by atoms with Gasteiger partial charge in [0, 0.05) is 11.1 Å². The number of anilines is 2. The number of ether oxygens (including phenoxy) is 1. The van der Waals surface area contributed by atoms with Gasteiger partial charge >= 0.3 is 0 Å². The summed E-state index contributed by atoms with van der Waals surface area (Å²) >= 11 is 12.9. The van der Waals surface area contributed by atoms with Crippen LogP contribution in [0.3, 0.4) is 0 Å². The molecule has 0 bridgehead atoms. The first-order valence-electron chi connectivity index (χ1n) is 10.9. The molecule has 0 radical (unpaired) electrons. The second-order valence-corrected chi connectivity index (χ2v) is 8.80. The predicted molar refractivity (Wildman–Crippen MR) is 134 cm³/mol. The van der Waals surface area contributed by atoms with Gasteiger partial charge < -0.3 is 20.2 Å². The average molecular weight is 478 g/mol. The van der Waals surface area contributed by atoms with Crippen LogP contribution in [0.4, 0.5) is 11.7 Å². The third kappa shape index (κ3) is 6.64. The van der Waals surface area contributed by atoms with Crippen molar-refractivity contribution in [3.8, 4) is 5.75 Å². The van der Waals surface area contributed by atoms with E-state index in [1.165, 1.54) is 6.42 Å². The molecule has 0 amide bonds. The topological polar surface area (TPSA) is 73.3 Å². The number of nitrogens with two attached hydrogens (primary N) is 1. The van der Waals surface area contributed by atoms with E-state index < -0.39 is 0 Å². The molecule has 0 saturated heterocycles. The Morgan fingerprint density at radius 3 is 2.12 bits per heavy atom. The van der Waals surface area contributed by atoms with Gasteiger partial charge in [-0.15, -0.1) is 0 Å². The number of hydrogen-bond donors (Lipinski definition) is 2. The normalized spacial score (nSPS) is 11.0. The van der Waals surface area contributed by atoms with Crippen molar-refractivity contribution in [2.75, 3.05) is 11.9 Å². The molecule has 7 heteroatoms. The number of rotatable bonds is 8. The van der Waals surface area contributed by atoms with E-state index in [1.54, 1.807) is 6.20 Å². The number of halogens is 2. The maximum Gasteiger partial charge on any atom is 0.299 e. The molecule has 0 saturated carbocycles. The van der Waals surface area contributed by atoms with E-state index >= 15 is 0 Å². The molecule has 0 aliphatic rings. The Kier molecular flexibility index (Phi) is 9.88. The zero-order valence-corrected chi connectivity index (χ0v) is 21.0. The fourth-order valence-electron chi connectivity index (χ4n) is 2.98. The summed E-state index contributed by atoms with van der Waals surface area (Å²) in [6, 6.07) is 12.3. The maximum atomic E-state index is 6.45. The molecule has 0 fully saturated rings. The van der Waals surface area contributed by atoms with E-state index in [-0.39, 0.29) is 5.41 Å². The molecule has 3 rings (SSSR count). The van der Waals surface area contributed by atoms with E-state index in [1.807, 2.05) is 31.2 Å². The summed E-state index contributed by atoms with van der Waals surface area (Å²) in [4.78, 5) is 4.15. The largest absolute Gasteiger partial charge is 0.490 e. The van der Waals surface area contributed by atoms with Crippen LogP contribution in [0.25, 0.3) is 0 Å². The first-order valence-corrected chi connectivity index (χ1v) is 11.7. The maximum absolute atomic E-state index is 6.45. The van der Waals surface area contributed by atoms with Crippen molar-refractivity contribution in [1.29, 1.82) is 0 Å². The molecule has 0 unspecified atom stereocenters. The van der Waals surface area contributed by atoms with E-state index in [4.69, 9.17) is 38.1 Å². The lowest BCUT2D eigenvalue weighted by Gasteiger charge is -2.27. The lowest BCUT2D eigenvalue weighted by molar-refractivity contribution is 0.317. The van der Waals surface area contributed by atoms with Crippen molar-refractivity contribution < 1.29 is 9.15 Å². The number of aromatic nitrogens is 1. The van der Waals surface area contributed by atoms with Gasteiger partial charge in [0.25, 0.3) is 6.01 Å². The highest BCUT2D eigenvalue weighted by atomic mass is 35.5. The molecule has 3 aromatic rings. The van der Waals surface area contributed by atoms with Crippen molar-refractivity contribution in [1.82, 2.24) is 4.98 Å². The molecule has 0 atom stereocenters. The van der Waals surface area contributed by atoms with Crippen LogP contribution in [0.2, 0.25) is 10.0 Å². The molecule has 5 nitrogen and oxygen atoms in total. The van der Waals surface area contributed by atoms with Gasteiger partial charge in [-0.2, -0.15) is 0 Å². The summed E-state index contributed by atoms with van der Waals surface area (Å²) < 4.78 is 11.2. The van der Waals surface area contributed by atoms with Gasteiger partial charge in [0.15, 0.2) is 5.75 Å². The number of nitrogens with zero attached hydrogens (tertiary/aromatic N) is 1. The summed E-state index contributed by atoms with van der Waals surface area (Å²) in [6.07, 6.45) is 3.75. The van der Waals surface area contributed by atoms with Crippen LogP contribution in [-0.2, 0) is 12.0 Å². The smallest absolute Gasteiger partial charge is 0.299 e. The number of hydrogen-bond acceptors (Lipinski definition) is 5. The standard InChI is InChI=1S/C22H25Cl2N3O2.C3H8/c1-4-9-28-20-18(23)10-15(11-19(20)24)22(2,3)14-5-7-16(8-6-14)27-21-26-13-17(12-25)29-21;1-3-2/h5-8,10-11,13H,4,9,12,25H2,1-3H3,(H,26,27);3H2,1-2H3. The molecule has 1 heterocycles. The Morgan fingerprint density at radius 2 is 1.62 bits per heavy atom. The highest BCUT2D eigenvalue weighted by Crippen LogP contribution is 2.40. The van der Waals surface area contributed by atoms with E-state index in [0.717, 1.165) is 23.2 Å². The second kappa shape index (κ2) is 12.1. The Hall–Kier alpha value is -2.21. The average Bonchev–Trinajstić information content (AvgIpc) is 3.21. The lowest BCUT2D eigenvalue weighted by Crippen LogP contribution is -2.19. The monoisotopic (exact) mass is 477 g/mol. The first-order chi connectivity index (χ1) is 15.3. The van der Waals surface area contributed by atoms with Crippen molar-refractivity contribution >= 4 is 34.9 Å². The van der Waals surface area contributed by atoms with Crippen LogP contribution < -0.4 is 15.8 Å². The molecule has 1 aromatic heterocycles. The van der Waals surface area contributed by atoms with Crippen LogP contribution in [0.1, 0.15) is 64.3 Å². The summed E-state index contributed by atoms with van der Waals surface area (Å²) in [5.74, 6) is 1.17. The summed E-state index contributed by atoms with van der Waals surface area (Å²) in [5, 5.41) is 4.17. The Labute approximate surface area is 201 Å². The van der Waals surface area contributed by atoms with Crippen LogP contribution in [0, 0.1) is 0 Å². The highest BCUT2D eigenvalue weighted by molar-refractivity contribution is 6.37. The Balaban J connectivity index is 0.00000114. The zero-order valence-electron chi connectivity index (χ0n) is 19.5. The molecular formula is C25H33Cl2N3O2. The summed E-state index contributed by atoms with van der Waals surface area (Å²) in [6.45, 7) is 11.4. The minimum Gasteiger partial charge on any atom is -0.490 e. The fourth-order valence-corrected chi connectivity index (χ4v) is 3.58. The third-order valence-electron chi connectivity index (χ3n) is 4.78. The Morgan fingerprint density at radius 1 is 1.03 bits per heavy atom. The SMILES string of the molecule is CCC.CCCOc1c(Cl)cc(C(C)(C)c2ccc(Nc3ncc(CN)o3)cc2)cc1Cl. The molecule has 3 N–H and O–H groups in total. The van der Waals surface area contributed by atoms with E-state index in [0.29, 0.717) is 40.7 Å². The molecule has 0 aliphatic heterocycles. The van der Waals surface area contributed by atoms with Crippen molar-refractivity contribution in [2.24, 2.45) is 5.73 Å². The van der Waals surface area contributed by atoms with E-state index in [2.05, 4.69) is 50.1 Å². The minimum absolute atomic E-state index is 0.301. The van der Waals surface area contributed by atoms with Crippen molar-refractivity contribution in [3.05, 3.63) is 69.5 Å². The van der Waals surface area contributed by atoms with Crippen LogP contribution in [0.5, 0.6) is 5.75 Å². The van der Waals surface area contributed by atoms with E-state index in [9.17, 15) is 0 Å². The van der Waals surface area contributed by atoms with Gasteiger partial charge in [0.1, 0.15) is 5.76 Å². The van der Waals surface area contributed by atoms with Gasteiger partial charge in [0.2, 0.25) is 0 Å². The molecule has 174 valence electrons. The van der Waals surface area contributed by atoms with Gasteiger partial charge in [-0.3, -0.25) is 0 Å². The molecule has 2 aromatic carbocycles. The first kappa shape index (κ1) is 26.0. The fraction of sp³-hybridized carbons (Fsp3) is 0.400. The third-order valence-corrected chi connectivity index (χ3v) is 5.34. The number of nitrogens with one attached hydrogen (secondary N) is 1. The van der Waals surface area contributed by atoms with Crippen molar-refractivity contribution in [3.63, 3.8) is 0 Å². The van der Waals surface area contributed by atoms with Crippen LogP contribution in [0.15, 0.2) is 47.0 Å².